The van der Waals surface area contributed by atoms with Gasteiger partial charge in [-0.05, 0) is 12.5 Å². The smallest absolute Gasteiger partial charge is 0.342 e. The molecule has 1 aliphatic rings. The molecule has 0 saturated carbocycles. The van der Waals surface area contributed by atoms with Crippen LogP contribution in [0, 0.1) is 6.92 Å². The number of rotatable bonds is 7. The van der Waals surface area contributed by atoms with E-state index in [0.717, 1.165) is 22.4 Å². The molecule has 1 heterocycles. The topological polar surface area (TPSA) is 54.0 Å². The molecule has 0 aromatic heterocycles. The van der Waals surface area contributed by atoms with Crippen molar-refractivity contribution in [3.63, 3.8) is 0 Å². The zero-order valence-corrected chi connectivity index (χ0v) is 13.4. The van der Waals surface area contributed by atoms with E-state index in [1.807, 2.05) is 6.92 Å². The number of hydrogen-bond acceptors (Lipinski definition) is 6. The van der Waals surface area contributed by atoms with Crippen LogP contribution in [0.5, 0.6) is 11.5 Å². The van der Waals surface area contributed by atoms with Gasteiger partial charge in [0.15, 0.2) is 0 Å². The molecule has 0 spiro atoms. The Hall–Kier alpha value is -1.40. The summed E-state index contributed by atoms with van der Waals surface area (Å²) in [5, 5.41) is 0. The van der Waals surface area contributed by atoms with Crippen LogP contribution >= 0.6 is 12.6 Å². The maximum atomic E-state index is 12.0. The van der Waals surface area contributed by atoms with E-state index in [4.69, 9.17) is 18.9 Å². The number of ether oxygens (including phenoxy) is 4. The summed E-state index contributed by atoms with van der Waals surface area (Å²) < 4.78 is 21.6. The van der Waals surface area contributed by atoms with Gasteiger partial charge in [-0.15, -0.1) is 0 Å². The van der Waals surface area contributed by atoms with Crippen molar-refractivity contribution in [2.24, 2.45) is 0 Å². The van der Waals surface area contributed by atoms with E-state index in [0.29, 0.717) is 36.7 Å². The number of fused-ring (bicyclic) bond motifs is 1. The fourth-order valence-electron chi connectivity index (χ4n) is 2.56. The van der Waals surface area contributed by atoms with Gasteiger partial charge >= 0.3 is 5.97 Å². The van der Waals surface area contributed by atoms with Gasteiger partial charge in [-0.1, -0.05) is 0 Å². The van der Waals surface area contributed by atoms with E-state index >= 15 is 0 Å². The minimum Gasteiger partial charge on any atom is -0.496 e. The molecule has 116 valence electrons. The summed E-state index contributed by atoms with van der Waals surface area (Å²) in [6.45, 7) is 3.12. The zero-order chi connectivity index (χ0) is 15.4. The first-order chi connectivity index (χ1) is 10.2. The van der Waals surface area contributed by atoms with Crippen LogP contribution in [0.1, 0.15) is 27.0 Å². The third kappa shape index (κ3) is 2.96. The molecule has 0 N–H and O–H groups in total. The van der Waals surface area contributed by atoms with Crippen molar-refractivity contribution in [2.75, 3.05) is 33.2 Å². The van der Waals surface area contributed by atoms with Gasteiger partial charge in [-0.25, -0.2) is 4.79 Å². The van der Waals surface area contributed by atoms with Gasteiger partial charge < -0.3 is 18.9 Å². The lowest BCUT2D eigenvalue weighted by Crippen LogP contribution is -2.11. The Labute approximate surface area is 129 Å². The lowest BCUT2D eigenvalue weighted by Gasteiger charge is -2.19. The van der Waals surface area contributed by atoms with Crippen molar-refractivity contribution in [1.82, 2.24) is 0 Å². The molecule has 0 bridgehead atoms. The summed E-state index contributed by atoms with van der Waals surface area (Å²) in [5.74, 6) is 1.49. The van der Waals surface area contributed by atoms with Gasteiger partial charge in [-0.2, -0.15) is 12.6 Å². The molecular weight excluding hydrogens is 292 g/mol. The minimum absolute atomic E-state index is 0.262. The van der Waals surface area contributed by atoms with Crippen LogP contribution in [-0.4, -0.2) is 39.2 Å². The number of hydrogen-bond donors (Lipinski definition) is 1. The molecule has 2 rings (SSSR count). The molecule has 0 radical (unpaired) electrons. The van der Waals surface area contributed by atoms with Gasteiger partial charge in [-0.3, -0.25) is 0 Å². The first kappa shape index (κ1) is 16.0. The maximum absolute atomic E-state index is 12.0. The molecule has 0 unspecified atom stereocenters. The molecule has 0 saturated heterocycles. The Morgan fingerprint density at radius 1 is 1.24 bits per heavy atom. The highest BCUT2D eigenvalue weighted by molar-refractivity contribution is 7.80. The number of esters is 1. The Kier molecular flexibility index (Phi) is 5.36. The predicted molar refractivity (Wildman–Crippen MR) is 81.8 cm³/mol. The number of methoxy groups -OCH3 is 2. The molecule has 5 nitrogen and oxygen atoms in total. The SMILES string of the molecule is COCCc1c(OC)c(C)c2c(c1OCCS)C(=O)OC2. The van der Waals surface area contributed by atoms with E-state index in [2.05, 4.69) is 12.6 Å². The lowest BCUT2D eigenvalue weighted by atomic mass is 9.95. The number of thiol groups is 1. The molecule has 6 heteroatoms. The van der Waals surface area contributed by atoms with Crippen LogP contribution in [0.4, 0.5) is 0 Å². The maximum Gasteiger partial charge on any atom is 0.342 e. The van der Waals surface area contributed by atoms with Gasteiger partial charge in [0.05, 0.1) is 20.3 Å². The van der Waals surface area contributed by atoms with Crippen molar-refractivity contribution in [3.8, 4) is 11.5 Å². The largest absolute Gasteiger partial charge is 0.496 e. The summed E-state index contributed by atoms with van der Waals surface area (Å²) in [5.41, 5.74) is 3.12. The molecule has 0 amide bonds. The van der Waals surface area contributed by atoms with E-state index in [1.54, 1.807) is 14.2 Å². The average molecular weight is 312 g/mol. The Bertz CT molecular complexity index is 542. The standard InChI is InChI=1S/C15H20O5S/c1-9-11-8-20-15(16)12(11)14(19-6-7-21)10(4-5-17-2)13(9)18-3/h21H,4-8H2,1-3H3. The normalized spacial score (nSPS) is 13.0. The highest BCUT2D eigenvalue weighted by atomic mass is 32.1. The van der Waals surface area contributed by atoms with E-state index < -0.39 is 0 Å². The van der Waals surface area contributed by atoms with Crippen molar-refractivity contribution in [1.29, 1.82) is 0 Å². The Balaban J connectivity index is 2.60. The fraction of sp³-hybridized carbons (Fsp3) is 0.533. The Morgan fingerprint density at radius 2 is 2.00 bits per heavy atom. The molecular formula is C15H20O5S. The van der Waals surface area contributed by atoms with Crippen LogP contribution in [0.25, 0.3) is 0 Å². The molecule has 1 aromatic carbocycles. The highest BCUT2D eigenvalue weighted by Crippen LogP contribution is 2.42. The second-order valence-electron chi connectivity index (χ2n) is 4.71. The number of benzene rings is 1. The summed E-state index contributed by atoms with van der Waals surface area (Å²) in [6.07, 6.45) is 0.600. The molecule has 1 aliphatic heterocycles. The molecule has 21 heavy (non-hydrogen) atoms. The minimum atomic E-state index is -0.344. The fourth-order valence-corrected chi connectivity index (χ4v) is 2.65. The first-order valence-electron chi connectivity index (χ1n) is 6.77. The van der Waals surface area contributed by atoms with Crippen LogP contribution < -0.4 is 9.47 Å². The summed E-state index contributed by atoms with van der Waals surface area (Å²) in [7, 11) is 3.25. The van der Waals surface area contributed by atoms with Gasteiger partial charge in [0, 0.05) is 30.4 Å². The Morgan fingerprint density at radius 3 is 2.62 bits per heavy atom. The molecule has 1 aromatic rings. The highest BCUT2D eigenvalue weighted by Gasteiger charge is 2.33. The van der Waals surface area contributed by atoms with Crippen LogP contribution in [-0.2, 0) is 22.5 Å². The number of carbonyl (C=O) groups excluding carboxylic acids is 1. The third-order valence-electron chi connectivity index (χ3n) is 3.52. The number of carbonyl (C=O) groups is 1. The van der Waals surface area contributed by atoms with Crippen molar-refractivity contribution in [3.05, 3.63) is 22.3 Å². The van der Waals surface area contributed by atoms with Crippen LogP contribution in [0.2, 0.25) is 0 Å². The monoisotopic (exact) mass is 312 g/mol. The zero-order valence-electron chi connectivity index (χ0n) is 12.5. The summed E-state index contributed by atoms with van der Waals surface area (Å²) in [4.78, 5) is 12.0. The second-order valence-corrected chi connectivity index (χ2v) is 5.16. The number of cyclic esters (lactones) is 1. The lowest BCUT2D eigenvalue weighted by molar-refractivity contribution is 0.0532. The van der Waals surface area contributed by atoms with E-state index in [-0.39, 0.29) is 12.6 Å². The third-order valence-corrected chi connectivity index (χ3v) is 3.70. The van der Waals surface area contributed by atoms with Crippen LogP contribution in [0.15, 0.2) is 0 Å². The van der Waals surface area contributed by atoms with Crippen LogP contribution in [0.3, 0.4) is 0 Å². The van der Waals surface area contributed by atoms with E-state index in [1.165, 1.54) is 0 Å². The van der Waals surface area contributed by atoms with Crippen molar-refractivity contribution in [2.45, 2.75) is 20.0 Å². The molecule has 0 atom stereocenters. The quantitative estimate of drug-likeness (QED) is 0.618. The second kappa shape index (κ2) is 7.04. The van der Waals surface area contributed by atoms with Gasteiger partial charge in [0.2, 0.25) is 0 Å². The summed E-state index contributed by atoms with van der Waals surface area (Å²) >= 11 is 4.16. The molecule has 0 aliphatic carbocycles. The van der Waals surface area contributed by atoms with Gasteiger partial charge in [0.1, 0.15) is 23.7 Å². The molecule has 0 fully saturated rings. The van der Waals surface area contributed by atoms with Gasteiger partial charge in [0.25, 0.3) is 0 Å². The summed E-state index contributed by atoms with van der Waals surface area (Å²) in [6, 6.07) is 0. The predicted octanol–water partition coefficient (Wildman–Crippen LogP) is 2.17. The van der Waals surface area contributed by atoms with E-state index in [9.17, 15) is 4.79 Å². The van der Waals surface area contributed by atoms with Crippen molar-refractivity contribution >= 4 is 18.6 Å². The first-order valence-corrected chi connectivity index (χ1v) is 7.40. The average Bonchev–Trinajstić information content (AvgIpc) is 2.87. The van der Waals surface area contributed by atoms with Crippen molar-refractivity contribution < 1.29 is 23.7 Å².